The van der Waals surface area contributed by atoms with Crippen molar-refractivity contribution in [3.8, 4) is 0 Å². The summed E-state index contributed by atoms with van der Waals surface area (Å²) in [5.74, 6) is -0.938. The molecule has 0 spiro atoms. The van der Waals surface area contributed by atoms with Crippen LogP contribution in [0.4, 0.5) is 0 Å². The molecule has 0 aliphatic heterocycles. The van der Waals surface area contributed by atoms with Crippen LogP contribution in [0.25, 0.3) is 0 Å². The fourth-order valence-corrected chi connectivity index (χ4v) is 7.20. The molecule has 0 rings (SSSR count). The van der Waals surface area contributed by atoms with Crippen LogP contribution in [0.5, 0.6) is 0 Å². The maximum atomic E-state index is 12.8. The number of carbonyl (C=O) groups excluding carboxylic acids is 3. The Bertz CT molecular complexity index is 1060. The predicted octanol–water partition coefficient (Wildman–Crippen LogP) is 16.7. The van der Waals surface area contributed by atoms with E-state index in [0.29, 0.717) is 19.3 Å². The van der Waals surface area contributed by atoms with Gasteiger partial charge in [0.25, 0.3) is 0 Å². The topological polar surface area (TPSA) is 78.9 Å². The molecule has 0 bridgehead atoms. The van der Waals surface area contributed by atoms with Crippen LogP contribution >= 0.6 is 0 Å². The highest BCUT2D eigenvalue weighted by Crippen LogP contribution is 2.15. The number of hydrogen-bond acceptors (Lipinski definition) is 6. The molecule has 0 aromatic carbocycles. The second-order valence-electron chi connectivity index (χ2n) is 17.1. The second-order valence-corrected chi connectivity index (χ2v) is 17.1. The van der Waals surface area contributed by atoms with E-state index < -0.39 is 6.10 Å². The van der Waals surface area contributed by atoms with Gasteiger partial charge in [0.05, 0.1) is 0 Å². The van der Waals surface area contributed by atoms with E-state index in [4.69, 9.17) is 14.2 Å². The van der Waals surface area contributed by atoms with Crippen molar-refractivity contribution in [1.29, 1.82) is 0 Å². The smallest absolute Gasteiger partial charge is 0.306 e. The van der Waals surface area contributed by atoms with E-state index in [0.717, 1.165) is 64.2 Å². The largest absolute Gasteiger partial charge is 0.462 e. The van der Waals surface area contributed by atoms with Gasteiger partial charge in [-0.15, -0.1) is 0 Å². The molecule has 0 amide bonds. The first-order valence-corrected chi connectivity index (χ1v) is 25.6. The third-order valence-corrected chi connectivity index (χ3v) is 11.1. The summed E-state index contributed by atoms with van der Waals surface area (Å²) in [4.78, 5) is 37.9. The van der Waals surface area contributed by atoms with Crippen LogP contribution in [0.2, 0.25) is 0 Å². The SMILES string of the molecule is CCCCC/C=C\C/C=C\C/C=C\C/C=C\CCCC(=O)OC[C@@H](COC(=O)CCCCCCCCCCCCC)OC(=O)CCCCCCCCCCCCCCCC. The van der Waals surface area contributed by atoms with Crippen molar-refractivity contribution in [2.75, 3.05) is 13.2 Å². The van der Waals surface area contributed by atoms with E-state index in [-0.39, 0.29) is 37.5 Å². The number of allylic oxidation sites excluding steroid dienone is 8. The first-order chi connectivity index (χ1) is 29.5. The number of carbonyl (C=O) groups is 3. The van der Waals surface area contributed by atoms with E-state index in [2.05, 4.69) is 69.4 Å². The molecule has 0 N–H and O–H groups in total. The van der Waals surface area contributed by atoms with Crippen LogP contribution in [0.15, 0.2) is 48.6 Å². The van der Waals surface area contributed by atoms with Crippen molar-refractivity contribution in [3.63, 3.8) is 0 Å². The lowest BCUT2D eigenvalue weighted by Crippen LogP contribution is -2.30. The second kappa shape index (κ2) is 49.0. The lowest BCUT2D eigenvalue weighted by Gasteiger charge is -2.18. The summed E-state index contributed by atoms with van der Waals surface area (Å²) in [6.45, 7) is 6.57. The van der Waals surface area contributed by atoms with Crippen molar-refractivity contribution in [1.82, 2.24) is 0 Å². The fraction of sp³-hybridized carbons (Fsp3) is 0.796. The number of unbranched alkanes of at least 4 members (excludes halogenated alkanes) is 27. The van der Waals surface area contributed by atoms with Gasteiger partial charge in [0.2, 0.25) is 0 Å². The van der Waals surface area contributed by atoms with Crippen LogP contribution in [-0.4, -0.2) is 37.2 Å². The Morgan fingerprint density at radius 3 is 1.00 bits per heavy atom. The molecule has 0 fully saturated rings. The average Bonchev–Trinajstić information content (AvgIpc) is 3.24. The molecule has 348 valence electrons. The third kappa shape index (κ3) is 46.4. The highest BCUT2D eigenvalue weighted by molar-refractivity contribution is 5.71. The number of hydrogen-bond donors (Lipinski definition) is 0. The summed E-state index contributed by atoms with van der Waals surface area (Å²) in [7, 11) is 0. The molecule has 0 radical (unpaired) electrons. The molecule has 0 aromatic heterocycles. The average molecular weight is 841 g/mol. The number of esters is 3. The summed E-state index contributed by atoms with van der Waals surface area (Å²) in [5, 5.41) is 0. The Labute approximate surface area is 371 Å². The van der Waals surface area contributed by atoms with E-state index in [1.54, 1.807) is 0 Å². The Hall–Kier alpha value is -2.63. The van der Waals surface area contributed by atoms with Crippen LogP contribution in [0.3, 0.4) is 0 Å². The van der Waals surface area contributed by atoms with Gasteiger partial charge in [-0.2, -0.15) is 0 Å². The molecule has 60 heavy (non-hydrogen) atoms. The van der Waals surface area contributed by atoms with Crippen molar-refractivity contribution in [3.05, 3.63) is 48.6 Å². The van der Waals surface area contributed by atoms with Gasteiger partial charge in [0, 0.05) is 19.3 Å². The minimum Gasteiger partial charge on any atom is -0.462 e. The van der Waals surface area contributed by atoms with Crippen molar-refractivity contribution < 1.29 is 28.6 Å². The summed E-state index contributed by atoms with van der Waals surface area (Å²) in [6.07, 6.45) is 58.1. The molecule has 0 aliphatic carbocycles. The fourth-order valence-electron chi connectivity index (χ4n) is 7.20. The Morgan fingerprint density at radius 2 is 0.617 bits per heavy atom. The lowest BCUT2D eigenvalue weighted by molar-refractivity contribution is -0.167. The zero-order valence-electron chi connectivity index (χ0n) is 39.7. The Morgan fingerprint density at radius 1 is 0.333 bits per heavy atom. The monoisotopic (exact) mass is 841 g/mol. The highest BCUT2D eigenvalue weighted by atomic mass is 16.6. The zero-order chi connectivity index (χ0) is 43.7. The zero-order valence-corrected chi connectivity index (χ0v) is 39.7. The maximum absolute atomic E-state index is 12.8. The minimum atomic E-state index is -0.789. The minimum absolute atomic E-state index is 0.0865. The van der Waals surface area contributed by atoms with Crippen molar-refractivity contribution in [2.24, 2.45) is 0 Å². The molecule has 6 heteroatoms. The first kappa shape index (κ1) is 57.4. The maximum Gasteiger partial charge on any atom is 0.306 e. The molecule has 6 nitrogen and oxygen atoms in total. The van der Waals surface area contributed by atoms with Gasteiger partial charge in [-0.1, -0.05) is 230 Å². The standard InChI is InChI=1S/C54H96O6/c1-4-7-10-13-16-19-22-24-26-27-28-30-32-35-38-41-44-47-53(56)59-50-51(49-58-52(55)46-43-40-37-34-31-21-18-15-12-9-6-3)60-54(57)48-45-42-39-36-33-29-25-23-20-17-14-11-8-5-2/h16,19,24,26,28,30,35,38,51H,4-15,17-18,20-23,25,27,29,31-34,36-37,39-50H2,1-3H3/b19-16-,26-24-,30-28-,38-35-/t51-/m1/s1. The summed E-state index contributed by atoms with van der Waals surface area (Å²) < 4.78 is 16.7. The van der Waals surface area contributed by atoms with E-state index in [1.165, 1.54) is 148 Å². The van der Waals surface area contributed by atoms with Gasteiger partial charge in [-0.3, -0.25) is 14.4 Å². The van der Waals surface area contributed by atoms with Crippen LogP contribution < -0.4 is 0 Å². The molecular weight excluding hydrogens is 745 g/mol. The third-order valence-electron chi connectivity index (χ3n) is 11.1. The Kier molecular flexibility index (Phi) is 46.9. The molecule has 0 aliphatic rings. The summed E-state index contributed by atoms with van der Waals surface area (Å²) in [6, 6.07) is 0. The van der Waals surface area contributed by atoms with E-state index >= 15 is 0 Å². The molecule has 1 atom stereocenters. The highest BCUT2D eigenvalue weighted by Gasteiger charge is 2.19. The summed E-state index contributed by atoms with van der Waals surface area (Å²) in [5.41, 5.74) is 0. The van der Waals surface area contributed by atoms with Crippen LogP contribution in [0.1, 0.15) is 258 Å². The molecular formula is C54H96O6. The number of rotatable bonds is 46. The van der Waals surface area contributed by atoms with Gasteiger partial charge >= 0.3 is 17.9 Å². The quantitative estimate of drug-likeness (QED) is 0.0263. The molecule has 0 saturated heterocycles. The summed E-state index contributed by atoms with van der Waals surface area (Å²) >= 11 is 0. The lowest BCUT2D eigenvalue weighted by atomic mass is 10.0. The number of ether oxygens (including phenoxy) is 3. The van der Waals surface area contributed by atoms with Gasteiger partial charge in [-0.05, 0) is 57.8 Å². The molecule has 0 aromatic rings. The van der Waals surface area contributed by atoms with Gasteiger partial charge < -0.3 is 14.2 Å². The Balaban J connectivity index is 4.43. The van der Waals surface area contributed by atoms with E-state index in [9.17, 15) is 14.4 Å². The van der Waals surface area contributed by atoms with Crippen molar-refractivity contribution >= 4 is 17.9 Å². The molecule has 0 saturated carbocycles. The molecule has 0 heterocycles. The van der Waals surface area contributed by atoms with Gasteiger partial charge in [-0.25, -0.2) is 0 Å². The van der Waals surface area contributed by atoms with Gasteiger partial charge in [0.1, 0.15) is 13.2 Å². The van der Waals surface area contributed by atoms with Crippen LogP contribution in [-0.2, 0) is 28.6 Å². The predicted molar refractivity (Wildman–Crippen MR) is 256 cm³/mol. The first-order valence-electron chi connectivity index (χ1n) is 25.6. The van der Waals surface area contributed by atoms with Crippen molar-refractivity contribution in [2.45, 2.75) is 264 Å². The molecule has 0 unspecified atom stereocenters. The van der Waals surface area contributed by atoms with Gasteiger partial charge in [0.15, 0.2) is 6.10 Å². The van der Waals surface area contributed by atoms with Crippen LogP contribution in [0, 0.1) is 0 Å². The normalized spacial score (nSPS) is 12.4. The van der Waals surface area contributed by atoms with E-state index in [1.807, 2.05) is 0 Å².